The van der Waals surface area contributed by atoms with Crippen molar-refractivity contribution in [3.05, 3.63) is 12.2 Å². The number of nitrogens with one attached hydrogen (secondary N) is 1. The zero-order chi connectivity index (χ0) is 24.9. The molecule has 10 unspecified atom stereocenters. The number of hydrogen-bond acceptors (Lipinski definition) is 5. The average molecular weight is 498 g/mol. The van der Waals surface area contributed by atoms with E-state index in [1.54, 1.807) is 0 Å². The van der Waals surface area contributed by atoms with Gasteiger partial charge in [-0.2, -0.15) is 8.42 Å². The van der Waals surface area contributed by atoms with Crippen molar-refractivity contribution < 1.29 is 28.0 Å². The highest BCUT2D eigenvalue weighted by Crippen LogP contribution is 2.66. The molecule has 4 aliphatic carbocycles. The normalized spacial score (nSPS) is 44.6. The van der Waals surface area contributed by atoms with Gasteiger partial charge >= 0.3 is 0 Å². The third kappa shape index (κ3) is 4.84. The van der Waals surface area contributed by atoms with Crippen molar-refractivity contribution in [2.45, 2.75) is 84.3 Å². The van der Waals surface area contributed by atoms with E-state index in [-0.39, 0.29) is 41.4 Å². The van der Waals surface area contributed by atoms with Crippen molar-refractivity contribution in [3.8, 4) is 0 Å². The molecule has 0 spiro atoms. The molecule has 4 rings (SSSR count). The fraction of sp³-hybridized carbons (Fsp3) is 0.885. The van der Waals surface area contributed by atoms with Gasteiger partial charge in [-0.1, -0.05) is 32.9 Å². The Morgan fingerprint density at radius 1 is 1.18 bits per heavy atom. The van der Waals surface area contributed by atoms with Crippen molar-refractivity contribution in [1.82, 2.24) is 5.32 Å². The number of amides is 1. The van der Waals surface area contributed by atoms with Gasteiger partial charge in [0.2, 0.25) is 5.91 Å². The molecule has 3 fully saturated rings. The summed E-state index contributed by atoms with van der Waals surface area (Å²) in [6.07, 6.45) is 11.0. The molecule has 0 aromatic carbocycles. The molecule has 194 valence electrons. The lowest BCUT2D eigenvalue weighted by Gasteiger charge is -2.60. The minimum Gasteiger partial charge on any atom is -0.393 e. The van der Waals surface area contributed by atoms with E-state index in [0.717, 1.165) is 44.9 Å². The number of carbonyl (C=O) groups is 1. The first-order valence-electron chi connectivity index (χ1n) is 13.1. The maximum atomic E-state index is 12.2. The first kappa shape index (κ1) is 26.1. The van der Waals surface area contributed by atoms with Crippen LogP contribution in [0.1, 0.15) is 72.1 Å². The molecule has 1 amide bonds. The van der Waals surface area contributed by atoms with Crippen LogP contribution in [-0.2, 0) is 14.9 Å². The second-order valence-corrected chi connectivity index (χ2v) is 13.8. The number of hydrogen-bond donors (Lipinski definition) is 4. The van der Waals surface area contributed by atoms with E-state index in [2.05, 4.69) is 38.2 Å². The third-order valence-corrected chi connectivity index (χ3v) is 11.1. The number of aliphatic hydroxyl groups is 2. The third-order valence-electron chi connectivity index (χ3n) is 10.4. The SMILES string of the molecule is CC(CCC(=O)NCCS(=O)(=O)O)C1CCC2C3C(O)CC4CC(O)CCC4(C)C3C=CC12C. The summed E-state index contributed by atoms with van der Waals surface area (Å²) in [5.41, 5.74) is 0.144. The average Bonchev–Trinajstić information content (AvgIpc) is 3.09. The van der Waals surface area contributed by atoms with Gasteiger partial charge in [-0.3, -0.25) is 9.35 Å². The molecule has 34 heavy (non-hydrogen) atoms. The van der Waals surface area contributed by atoms with Gasteiger partial charge in [0.15, 0.2) is 0 Å². The van der Waals surface area contributed by atoms with E-state index in [9.17, 15) is 23.4 Å². The molecule has 10 atom stereocenters. The van der Waals surface area contributed by atoms with Crippen LogP contribution in [0.15, 0.2) is 12.2 Å². The van der Waals surface area contributed by atoms with Gasteiger partial charge in [0.05, 0.1) is 18.0 Å². The summed E-state index contributed by atoms with van der Waals surface area (Å²) in [7, 11) is -4.07. The number of carbonyl (C=O) groups excluding carboxylic acids is 1. The van der Waals surface area contributed by atoms with Gasteiger partial charge in [-0.25, -0.2) is 0 Å². The Balaban J connectivity index is 1.42. The van der Waals surface area contributed by atoms with Crippen molar-refractivity contribution in [3.63, 3.8) is 0 Å². The van der Waals surface area contributed by atoms with E-state index < -0.39 is 15.9 Å². The molecular formula is C26H43NO6S. The smallest absolute Gasteiger partial charge is 0.266 e. The molecule has 0 aliphatic heterocycles. The Bertz CT molecular complexity index is 905. The lowest BCUT2D eigenvalue weighted by molar-refractivity contribution is -0.135. The van der Waals surface area contributed by atoms with E-state index in [1.807, 2.05) is 0 Å². The lowest BCUT2D eigenvalue weighted by atomic mass is 9.46. The highest BCUT2D eigenvalue weighted by Gasteiger charge is 2.61. The zero-order valence-electron chi connectivity index (χ0n) is 20.8. The molecule has 0 aromatic rings. The zero-order valence-corrected chi connectivity index (χ0v) is 21.6. The summed E-state index contributed by atoms with van der Waals surface area (Å²) >= 11 is 0. The summed E-state index contributed by atoms with van der Waals surface area (Å²) in [4.78, 5) is 12.2. The maximum absolute atomic E-state index is 12.2. The quantitative estimate of drug-likeness (QED) is 0.316. The summed E-state index contributed by atoms with van der Waals surface area (Å²) in [6.45, 7) is 6.86. The molecule has 4 aliphatic rings. The van der Waals surface area contributed by atoms with Gasteiger partial charge in [0.1, 0.15) is 0 Å². The highest BCUT2D eigenvalue weighted by atomic mass is 32.2. The van der Waals surface area contributed by atoms with Crippen LogP contribution in [0.2, 0.25) is 0 Å². The van der Waals surface area contributed by atoms with Crippen LogP contribution in [0.3, 0.4) is 0 Å². The van der Waals surface area contributed by atoms with Gasteiger partial charge in [-0.05, 0) is 91.3 Å². The molecule has 0 bridgehead atoms. The molecule has 4 N–H and O–H groups in total. The number of rotatable bonds is 7. The van der Waals surface area contributed by atoms with E-state index in [1.165, 1.54) is 0 Å². The first-order valence-corrected chi connectivity index (χ1v) is 14.7. The fourth-order valence-corrected chi connectivity index (χ4v) is 8.84. The predicted octanol–water partition coefficient (Wildman–Crippen LogP) is 3.17. The largest absolute Gasteiger partial charge is 0.393 e. The topological polar surface area (TPSA) is 124 Å². The molecule has 8 heteroatoms. The van der Waals surface area contributed by atoms with E-state index >= 15 is 0 Å². The molecule has 3 saturated carbocycles. The number of aliphatic hydroxyl groups excluding tert-OH is 2. The van der Waals surface area contributed by atoms with E-state index in [4.69, 9.17) is 4.55 Å². The fourth-order valence-electron chi connectivity index (χ4n) is 8.48. The van der Waals surface area contributed by atoms with Crippen molar-refractivity contribution in [2.75, 3.05) is 12.3 Å². The van der Waals surface area contributed by atoms with Crippen molar-refractivity contribution in [1.29, 1.82) is 0 Å². The Morgan fingerprint density at radius 2 is 1.91 bits per heavy atom. The predicted molar refractivity (Wildman–Crippen MR) is 130 cm³/mol. The van der Waals surface area contributed by atoms with Gasteiger partial charge < -0.3 is 15.5 Å². The van der Waals surface area contributed by atoms with Gasteiger partial charge in [-0.15, -0.1) is 0 Å². The molecular weight excluding hydrogens is 454 g/mol. The maximum Gasteiger partial charge on any atom is 0.266 e. The molecule has 0 aromatic heterocycles. The summed E-state index contributed by atoms with van der Waals surface area (Å²) in [5, 5.41) is 24.1. The summed E-state index contributed by atoms with van der Waals surface area (Å²) < 4.78 is 30.5. The van der Waals surface area contributed by atoms with Crippen LogP contribution in [0.25, 0.3) is 0 Å². The Morgan fingerprint density at radius 3 is 2.62 bits per heavy atom. The molecule has 0 radical (unpaired) electrons. The first-order chi connectivity index (χ1) is 15.8. The molecule has 0 saturated heterocycles. The molecule has 7 nitrogen and oxygen atoms in total. The summed E-state index contributed by atoms with van der Waals surface area (Å²) in [5.74, 6) is 1.53. The van der Waals surface area contributed by atoms with Crippen LogP contribution >= 0.6 is 0 Å². The summed E-state index contributed by atoms with van der Waals surface area (Å²) in [6, 6.07) is 0. The minimum atomic E-state index is -4.07. The Hall–Kier alpha value is -0.960. The van der Waals surface area contributed by atoms with Crippen LogP contribution in [0, 0.1) is 46.3 Å². The monoisotopic (exact) mass is 497 g/mol. The Kier molecular flexibility index (Phi) is 7.29. The van der Waals surface area contributed by atoms with Crippen LogP contribution in [0.4, 0.5) is 0 Å². The van der Waals surface area contributed by atoms with Crippen LogP contribution in [-0.4, -0.2) is 53.6 Å². The minimum absolute atomic E-state index is 0.000380. The number of fused-ring (bicyclic) bond motifs is 5. The van der Waals surface area contributed by atoms with E-state index in [0.29, 0.717) is 36.0 Å². The molecule has 0 heterocycles. The van der Waals surface area contributed by atoms with Crippen LogP contribution < -0.4 is 5.32 Å². The Labute approximate surface area is 204 Å². The second kappa shape index (κ2) is 9.49. The standard InChI is InChI=1S/C26H43NO6S/c1-16(4-7-23(30)27-12-13-34(31,32)33)19-5-6-20-24-21(9-11-26(19,20)3)25(2)10-8-18(28)14-17(25)15-22(24)29/h9,11,16-22,24,28-29H,4-8,10,12-15H2,1-3H3,(H,27,30)(H,31,32,33). The second-order valence-electron chi connectivity index (χ2n) is 12.2. The number of allylic oxidation sites excluding steroid dienone is 2. The van der Waals surface area contributed by atoms with Crippen molar-refractivity contribution in [2.24, 2.45) is 46.3 Å². The lowest BCUT2D eigenvalue weighted by Crippen LogP contribution is -2.57. The van der Waals surface area contributed by atoms with Crippen molar-refractivity contribution >= 4 is 16.0 Å². The van der Waals surface area contributed by atoms with Gasteiger partial charge in [0, 0.05) is 13.0 Å². The highest BCUT2D eigenvalue weighted by molar-refractivity contribution is 7.85. The van der Waals surface area contributed by atoms with Crippen LogP contribution in [0.5, 0.6) is 0 Å². The van der Waals surface area contributed by atoms with Gasteiger partial charge in [0.25, 0.3) is 10.1 Å².